The summed E-state index contributed by atoms with van der Waals surface area (Å²) in [7, 11) is 0. The van der Waals surface area contributed by atoms with Gasteiger partial charge in [-0.15, -0.1) is 0 Å². The molecule has 3 heteroatoms. The molecule has 2 rings (SSSR count). The standard InChI is InChI=1S/C13H19N3/c14-13(15)9-12-7-4-8-16(12)10-11-5-2-1-3-6-11/h1-3,5-6,12H,4,7-10H2,(H3,14,15). The van der Waals surface area contributed by atoms with Gasteiger partial charge in [-0.25, -0.2) is 0 Å². The first kappa shape index (κ1) is 11.1. The molecule has 3 nitrogen and oxygen atoms in total. The molecule has 0 aromatic heterocycles. The smallest absolute Gasteiger partial charge is 0.0921 e. The first-order valence-electron chi connectivity index (χ1n) is 5.86. The Morgan fingerprint density at radius 1 is 1.38 bits per heavy atom. The van der Waals surface area contributed by atoms with Crippen molar-refractivity contribution in [2.75, 3.05) is 6.54 Å². The van der Waals surface area contributed by atoms with Gasteiger partial charge in [0.05, 0.1) is 5.84 Å². The van der Waals surface area contributed by atoms with E-state index in [0.717, 1.165) is 13.1 Å². The first-order valence-corrected chi connectivity index (χ1v) is 5.86. The third-order valence-electron chi connectivity index (χ3n) is 3.18. The third kappa shape index (κ3) is 2.83. The maximum atomic E-state index is 7.38. The maximum Gasteiger partial charge on any atom is 0.0921 e. The molecule has 1 aromatic carbocycles. The second-order valence-electron chi connectivity index (χ2n) is 4.48. The minimum Gasteiger partial charge on any atom is -0.388 e. The SMILES string of the molecule is N=C(N)CC1CCCN1Cc1ccccc1. The Bertz CT molecular complexity index is 347. The summed E-state index contributed by atoms with van der Waals surface area (Å²) in [6.45, 7) is 2.12. The zero-order valence-electron chi connectivity index (χ0n) is 9.52. The Morgan fingerprint density at radius 3 is 2.81 bits per heavy atom. The Balaban J connectivity index is 1.96. The van der Waals surface area contributed by atoms with Crippen LogP contribution in [0.2, 0.25) is 0 Å². The van der Waals surface area contributed by atoms with Gasteiger partial charge in [0.25, 0.3) is 0 Å². The molecule has 1 heterocycles. The summed E-state index contributed by atoms with van der Waals surface area (Å²) in [5.41, 5.74) is 6.83. The van der Waals surface area contributed by atoms with Crippen LogP contribution in [0.15, 0.2) is 30.3 Å². The van der Waals surface area contributed by atoms with Crippen LogP contribution in [0.1, 0.15) is 24.8 Å². The van der Waals surface area contributed by atoms with Crippen LogP contribution in [0.3, 0.4) is 0 Å². The molecule has 0 saturated carbocycles. The van der Waals surface area contributed by atoms with Crippen LogP contribution in [0.4, 0.5) is 0 Å². The minimum atomic E-state index is 0.310. The topological polar surface area (TPSA) is 53.1 Å². The fourth-order valence-corrected chi connectivity index (χ4v) is 2.41. The van der Waals surface area contributed by atoms with Crippen molar-refractivity contribution in [1.82, 2.24) is 4.90 Å². The van der Waals surface area contributed by atoms with Crippen molar-refractivity contribution in [1.29, 1.82) is 5.41 Å². The molecule has 1 aliphatic heterocycles. The van der Waals surface area contributed by atoms with Crippen molar-refractivity contribution >= 4 is 5.84 Å². The highest BCUT2D eigenvalue weighted by Gasteiger charge is 2.24. The molecular formula is C13H19N3. The fourth-order valence-electron chi connectivity index (χ4n) is 2.41. The number of nitrogens with two attached hydrogens (primary N) is 1. The number of hydrogen-bond donors (Lipinski definition) is 2. The number of nitrogens with zero attached hydrogens (tertiary/aromatic N) is 1. The largest absolute Gasteiger partial charge is 0.388 e. The van der Waals surface area contributed by atoms with E-state index in [1.807, 2.05) is 6.07 Å². The van der Waals surface area contributed by atoms with Crippen LogP contribution < -0.4 is 5.73 Å². The van der Waals surface area contributed by atoms with Crippen LogP contribution in [-0.4, -0.2) is 23.3 Å². The average molecular weight is 217 g/mol. The van der Waals surface area contributed by atoms with E-state index in [-0.39, 0.29) is 0 Å². The summed E-state index contributed by atoms with van der Waals surface area (Å²) in [5.74, 6) is 0.310. The Hall–Kier alpha value is -1.35. The summed E-state index contributed by atoms with van der Waals surface area (Å²) in [6.07, 6.45) is 3.12. The van der Waals surface area contributed by atoms with E-state index in [1.165, 1.54) is 18.4 Å². The summed E-state index contributed by atoms with van der Waals surface area (Å²) >= 11 is 0. The lowest BCUT2D eigenvalue weighted by molar-refractivity contribution is 0.250. The molecule has 0 bridgehead atoms. The monoisotopic (exact) mass is 217 g/mol. The molecule has 1 fully saturated rings. The number of likely N-dealkylation sites (tertiary alicyclic amines) is 1. The number of hydrogen-bond acceptors (Lipinski definition) is 2. The second-order valence-corrected chi connectivity index (χ2v) is 4.48. The fraction of sp³-hybridized carbons (Fsp3) is 0.462. The average Bonchev–Trinajstić information content (AvgIpc) is 2.66. The van der Waals surface area contributed by atoms with Gasteiger partial charge < -0.3 is 5.73 Å². The highest BCUT2D eigenvalue weighted by Crippen LogP contribution is 2.22. The van der Waals surface area contributed by atoms with Crippen LogP contribution >= 0.6 is 0 Å². The molecule has 1 atom stereocenters. The molecule has 1 saturated heterocycles. The molecular weight excluding hydrogens is 198 g/mol. The van der Waals surface area contributed by atoms with E-state index < -0.39 is 0 Å². The molecule has 1 unspecified atom stereocenters. The normalized spacial score (nSPS) is 21.1. The summed E-state index contributed by atoms with van der Waals surface area (Å²) in [6, 6.07) is 11.0. The lowest BCUT2D eigenvalue weighted by Crippen LogP contribution is -2.32. The molecule has 0 spiro atoms. The number of amidine groups is 1. The number of nitrogens with one attached hydrogen (secondary N) is 1. The van der Waals surface area contributed by atoms with Gasteiger partial charge in [-0.2, -0.15) is 0 Å². The highest BCUT2D eigenvalue weighted by atomic mass is 15.2. The van der Waals surface area contributed by atoms with E-state index in [1.54, 1.807) is 0 Å². The van der Waals surface area contributed by atoms with E-state index in [4.69, 9.17) is 11.1 Å². The van der Waals surface area contributed by atoms with Crippen LogP contribution in [-0.2, 0) is 6.54 Å². The van der Waals surface area contributed by atoms with Crippen molar-refractivity contribution in [3.63, 3.8) is 0 Å². The van der Waals surface area contributed by atoms with Gasteiger partial charge in [0.15, 0.2) is 0 Å². The van der Waals surface area contributed by atoms with Crippen molar-refractivity contribution < 1.29 is 0 Å². The molecule has 0 amide bonds. The van der Waals surface area contributed by atoms with Gasteiger partial charge in [0.1, 0.15) is 0 Å². The lowest BCUT2D eigenvalue weighted by atomic mass is 10.1. The Labute approximate surface area is 96.8 Å². The van der Waals surface area contributed by atoms with E-state index >= 15 is 0 Å². The molecule has 3 N–H and O–H groups in total. The first-order chi connectivity index (χ1) is 7.75. The van der Waals surface area contributed by atoms with Crippen molar-refractivity contribution in [2.45, 2.75) is 31.8 Å². The van der Waals surface area contributed by atoms with Gasteiger partial charge in [-0.05, 0) is 24.9 Å². The van der Waals surface area contributed by atoms with Gasteiger partial charge >= 0.3 is 0 Å². The van der Waals surface area contributed by atoms with Crippen LogP contribution in [0.25, 0.3) is 0 Å². The van der Waals surface area contributed by atoms with Gasteiger partial charge in [0, 0.05) is 19.0 Å². The maximum absolute atomic E-state index is 7.38. The van der Waals surface area contributed by atoms with Crippen LogP contribution in [0, 0.1) is 5.41 Å². The Morgan fingerprint density at radius 2 is 2.12 bits per heavy atom. The highest BCUT2D eigenvalue weighted by molar-refractivity contribution is 5.77. The molecule has 1 aromatic rings. The predicted molar refractivity (Wildman–Crippen MR) is 66.4 cm³/mol. The molecule has 1 aliphatic rings. The lowest BCUT2D eigenvalue weighted by Gasteiger charge is -2.24. The summed E-state index contributed by atoms with van der Waals surface area (Å²) in [4.78, 5) is 2.44. The summed E-state index contributed by atoms with van der Waals surface area (Å²) in [5, 5.41) is 7.38. The van der Waals surface area contributed by atoms with Crippen LogP contribution in [0.5, 0.6) is 0 Å². The quantitative estimate of drug-likeness (QED) is 0.598. The zero-order chi connectivity index (χ0) is 11.4. The third-order valence-corrected chi connectivity index (χ3v) is 3.18. The second kappa shape index (κ2) is 5.12. The molecule has 16 heavy (non-hydrogen) atoms. The van der Waals surface area contributed by atoms with Crippen molar-refractivity contribution in [2.24, 2.45) is 5.73 Å². The van der Waals surface area contributed by atoms with Crippen molar-refractivity contribution in [3.8, 4) is 0 Å². The van der Waals surface area contributed by atoms with E-state index in [2.05, 4.69) is 29.2 Å². The number of rotatable bonds is 4. The minimum absolute atomic E-state index is 0.310. The van der Waals surface area contributed by atoms with Gasteiger partial charge in [0.2, 0.25) is 0 Å². The van der Waals surface area contributed by atoms with Gasteiger partial charge in [-0.1, -0.05) is 30.3 Å². The van der Waals surface area contributed by atoms with E-state index in [0.29, 0.717) is 18.3 Å². The molecule has 0 aliphatic carbocycles. The predicted octanol–water partition coefficient (Wildman–Crippen LogP) is 1.98. The Kier molecular flexibility index (Phi) is 3.57. The van der Waals surface area contributed by atoms with E-state index in [9.17, 15) is 0 Å². The van der Waals surface area contributed by atoms with Gasteiger partial charge in [-0.3, -0.25) is 10.3 Å². The zero-order valence-corrected chi connectivity index (χ0v) is 9.52. The summed E-state index contributed by atoms with van der Waals surface area (Å²) < 4.78 is 0. The number of benzene rings is 1. The molecule has 86 valence electrons. The molecule has 0 radical (unpaired) electrons. The van der Waals surface area contributed by atoms with Crippen molar-refractivity contribution in [3.05, 3.63) is 35.9 Å².